The van der Waals surface area contributed by atoms with Crippen molar-refractivity contribution in [2.75, 3.05) is 37.6 Å². The number of halogens is 2. The van der Waals surface area contributed by atoms with Gasteiger partial charge in [-0.05, 0) is 42.9 Å². The van der Waals surface area contributed by atoms with Crippen molar-refractivity contribution >= 4 is 23.3 Å². The molecule has 6 nitrogen and oxygen atoms in total. The van der Waals surface area contributed by atoms with Crippen molar-refractivity contribution in [2.24, 2.45) is 0 Å². The Labute approximate surface area is 212 Å². The molecule has 35 heavy (non-hydrogen) atoms. The first-order valence-corrected chi connectivity index (χ1v) is 13.4. The Kier molecular flexibility index (Phi) is 7.54. The second-order valence-electron chi connectivity index (χ2n) is 10.3. The van der Waals surface area contributed by atoms with Gasteiger partial charge in [0.15, 0.2) is 0 Å². The highest BCUT2D eigenvalue weighted by Gasteiger charge is 2.36. The van der Waals surface area contributed by atoms with E-state index in [1.807, 2.05) is 36.1 Å². The fraction of sp³-hybridized carbons (Fsp3) is 0.593. The van der Waals surface area contributed by atoms with Crippen molar-refractivity contribution in [1.29, 1.82) is 0 Å². The Morgan fingerprint density at radius 1 is 1.11 bits per heavy atom. The Bertz CT molecular complexity index is 1020. The number of alkyl halides is 1. The number of rotatable bonds is 6. The number of nitrogens with zero attached hydrogens (tertiary/aromatic N) is 4. The van der Waals surface area contributed by atoms with E-state index in [4.69, 9.17) is 11.6 Å². The molecule has 2 aliphatic carbocycles. The molecule has 2 heterocycles. The van der Waals surface area contributed by atoms with Gasteiger partial charge in [-0.25, -0.2) is 14.4 Å². The zero-order valence-electron chi connectivity index (χ0n) is 20.4. The Hall–Kier alpha value is -2.25. The maximum Gasteiger partial charge on any atom is 0.231 e. The lowest BCUT2D eigenvalue weighted by Gasteiger charge is -2.38. The van der Waals surface area contributed by atoms with Gasteiger partial charge < -0.3 is 15.1 Å². The van der Waals surface area contributed by atoms with Crippen LogP contribution in [0.1, 0.15) is 80.3 Å². The van der Waals surface area contributed by atoms with Gasteiger partial charge in [0.1, 0.15) is 18.3 Å². The maximum atomic E-state index is 14.4. The molecule has 2 aromatic rings. The Morgan fingerprint density at radius 2 is 1.83 bits per heavy atom. The van der Waals surface area contributed by atoms with Crippen LogP contribution >= 0.6 is 11.6 Å². The SMILES string of the molecule is C[C@@H]1C[C@@H](F)c2ncnc(N3CCN(C(=O)C(CNC4CCCCC4)c4ccc(Cl)cc4)CC3)c21. The van der Waals surface area contributed by atoms with E-state index in [0.717, 1.165) is 16.9 Å². The normalized spacial score (nSPS) is 23.9. The van der Waals surface area contributed by atoms with Gasteiger partial charge in [-0.1, -0.05) is 49.9 Å². The van der Waals surface area contributed by atoms with E-state index >= 15 is 0 Å². The number of piperazine rings is 1. The summed E-state index contributed by atoms with van der Waals surface area (Å²) >= 11 is 6.13. The number of fused-ring (bicyclic) bond motifs is 1. The highest BCUT2D eigenvalue weighted by molar-refractivity contribution is 6.30. The summed E-state index contributed by atoms with van der Waals surface area (Å²) in [6.07, 6.45) is 7.12. The van der Waals surface area contributed by atoms with Crippen LogP contribution in [0.15, 0.2) is 30.6 Å². The highest BCUT2D eigenvalue weighted by Crippen LogP contribution is 2.44. The highest BCUT2D eigenvalue weighted by atomic mass is 35.5. The molecule has 1 saturated carbocycles. The van der Waals surface area contributed by atoms with Gasteiger partial charge in [0.2, 0.25) is 5.91 Å². The summed E-state index contributed by atoms with van der Waals surface area (Å²) in [7, 11) is 0. The van der Waals surface area contributed by atoms with Crippen LogP contribution in [0.4, 0.5) is 10.2 Å². The minimum absolute atomic E-state index is 0.107. The van der Waals surface area contributed by atoms with Crippen molar-refractivity contribution in [1.82, 2.24) is 20.2 Å². The fourth-order valence-corrected chi connectivity index (χ4v) is 6.03. The van der Waals surface area contributed by atoms with Crippen LogP contribution in [-0.4, -0.2) is 59.5 Å². The molecular weight excluding hydrogens is 465 g/mol. The van der Waals surface area contributed by atoms with E-state index in [1.54, 1.807) is 0 Å². The maximum absolute atomic E-state index is 14.4. The van der Waals surface area contributed by atoms with Gasteiger partial charge in [0.25, 0.3) is 0 Å². The largest absolute Gasteiger partial charge is 0.353 e. The van der Waals surface area contributed by atoms with Crippen LogP contribution in [0, 0.1) is 0 Å². The van der Waals surface area contributed by atoms with Gasteiger partial charge >= 0.3 is 0 Å². The first-order valence-electron chi connectivity index (χ1n) is 13.0. The molecular formula is C27H35ClFN5O. The van der Waals surface area contributed by atoms with E-state index in [-0.39, 0.29) is 17.7 Å². The third kappa shape index (κ3) is 5.31. The number of hydrogen-bond acceptors (Lipinski definition) is 5. The van der Waals surface area contributed by atoms with E-state index in [1.165, 1.54) is 38.4 Å². The van der Waals surface area contributed by atoms with Crippen LogP contribution in [-0.2, 0) is 4.79 Å². The molecule has 3 atom stereocenters. The summed E-state index contributed by atoms with van der Waals surface area (Å²) in [4.78, 5) is 26.6. The molecule has 1 saturated heterocycles. The standard InChI is InChI=1S/C27H35ClFN5O/c1-18-15-23(29)25-24(18)26(32-17-31-25)33-11-13-34(14-12-33)27(35)22(19-7-9-20(28)10-8-19)16-30-21-5-3-2-4-6-21/h7-10,17-18,21-23,30H,2-6,11-16H2,1H3/t18-,22?,23-/m1/s1. The summed E-state index contributed by atoms with van der Waals surface area (Å²) in [6, 6.07) is 8.17. The van der Waals surface area contributed by atoms with Gasteiger partial charge in [-0.15, -0.1) is 0 Å². The molecule has 1 unspecified atom stereocenters. The summed E-state index contributed by atoms with van der Waals surface area (Å²) in [5.41, 5.74) is 2.48. The van der Waals surface area contributed by atoms with Gasteiger partial charge in [-0.2, -0.15) is 0 Å². The molecule has 3 aliphatic rings. The number of hydrogen-bond donors (Lipinski definition) is 1. The predicted octanol–water partition coefficient (Wildman–Crippen LogP) is 5.00. The van der Waals surface area contributed by atoms with E-state index in [2.05, 4.69) is 20.2 Å². The van der Waals surface area contributed by atoms with Crippen LogP contribution in [0.5, 0.6) is 0 Å². The summed E-state index contributed by atoms with van der Waals surface area (Å²) in [6.45, 7) is 5.29. The summed E-state index contributed by atoms with van der Waals surface area (Å²) in [5.74, 6) is 0.857. The summed E-state index contributed by atoms with van der Waals surface area (Å²) in [5, 5.41) is 4.36. The number of amides is 1. The van der Waals surface area contributed by atoms with E-state index in [0.29, 0.717) is 55.9 Å². The Balaban J connectivity index is 1.27. The van der Waals surface area contributed by atoms with Crippen LogP contribution < -0.4 is 10.2 Å². The van der Waals surface area contributed by atoms with Gasteiger partial charge in [-0.3, -0.25) is 4.79 Å². The number of aromatic nitrogens is 2. The topological polar surface area (TPSA) is 61.4 Å². The molecule has 1 amide bonds. The molecule has 5 rings (SSSR count). The molecule has 0 spiro atoms. The molecule has 1 aliphatic heterocycles. The number of carbonyl (C=O) groups is 1. The third-order valence-corrected chi connectivity index (χ3v) is 8.17. The second-order valence-corrected chi connectivity index (χ2v) is 10.7. The fourth-order valence-electron chi connectivity index (χ4n) is 5.91. The lowest BCUT2D eigenvalue weighted by molar-refractivity contribution is -0.133. The number of nitrogens with one attached hydrogen (secondary N) is 1. The quantitative estimate of drug-likeness (QED) is 0.606. The zero-order chi connectivity index (χ0) is 24.4. The van der Waals surface area contributed by atoms with Gasteiger partial charge in [0, 0.05) is 49.4 Å². The first kappa shape index (κ1) is 24.4. The zero-order valence-corrected chi connectivity index (χ0v) is 21.2. The molecule has 0 bridgehead atoms. The molecule has 1 aromatic heterocycles. The Morgan fingerprint density at radius 3 is 2.54 bits per heavy atom. The van der Waals surface area contributed by atoms with Gasteiger partial charge in [0.05, 0.1) is 11.6 Å². The number of benzene rings is 1. The van der Waals surface area contributed by atoms with E-state index in [9.17, 15) is 9.18 Å². The molecule has 2 fully saturated rings. The van der Waals surface area contributed by atoms with Crippen molar-refractivity contribution in [3.8, 4) is 0 Å². The third-order valence-electron chi connectivity index (χ3n) is 7.92. The average Bonchev–Trinajstić information content (AvgIpc) is 3.19. The van der Waals surface area contributed by atoms with Crippen LogP contribution in [0.2, 0.25) is 5.02 Å². The lowest BCUT2D eigenvalue weighted by Crippen LogP contribution is -2.51. The molecule has 188 valence electrons. The first-order chi connectivity index (χ1) is 17.0. The van der Waals surface area contributed by atoms with Crippen LogP contribution in [0.25, 0.3) is 0 Å². The van der Waals surface area contributed by atoms with Crippen molar-refractivity contribution in [3.05, 3.63) is 52.4 Å². The molecule has 1 N–H and O–H groups in total. The van der Waals surface area contributed by atoms with Crippen molar-refractivity contribution < 1.29 is 9.18 Å². The van der Waals surface area contributed by atoms with Crippen molar-refractivity contribution in [2.45, 2.75) is 69.5 Å². The monoisotopic (exact) mass is 499 g/mol. The number of carbonyl (C=O) groups excluding carboxylic acids is 1. The lowest BCUT2D eigenvalue weighted by atomic mass is 9.93. The summed E-state index contributed by atoms with van der Waals surface area (Å²) < 4.78 is 14.4. The minimum Gasteiger partial charge on any atom is -0.353 e. The van der Waals surface area contributed by atoms with Crippen LogP contribution in [0.3, 0.4) is 0 Å². The van der Waals surface area contributed by atoms with E-state index < -0.39 is 6.17 Å². The predicted molar refractivity (Wildman–Crippen MR) is 137 cm³/mol. The molecule has 1 aromatic carbocycles. The number of anilines is 1. The average molecular weight is 500 g/mol. The second kappa shape index (κ2) is 10.8. The smallest absolute Gasteiger partial charge is 0.231 e. The minimum atomic E-state index is -1.01. The molecule has 8 heteroatoms. The molecule has 0 radical (unpaired) electrons. The van der Waals surface area contributed by atoms with Crippen molar-refractivity contribution in [3.63, 3.8) is 0 Å².